The van der Waals surface area contributed by atoms with Crippen molar-refractivity contribution in [1.82, 2.24) is 10.6 Å². The van der Waals surface area contributed by atoms with E-state index in [1.807, 2.05) is 0 Å². The Morgan fingerprint density at radius 2 is 1.66 bits per heavy atom. The highest BCUT2D eigenvalue weighted by atomic mass is 16.5. The minimum Gasteiger partial charge on any atom is -0.394 e. The summed E-state index contributed by atoms with van der Waals surface area (Å²) < 4.78 is 5.24. The van der Waals surface area contributed by atoms with Crippen molar-refractivity contribution in [2.75, 3.05) is 19.8 Å². The van der Waals surface area contributed by atoms with Gasteiger partial charge >= 0.3 is 6.03 Å². The molecule has 2 unspecified atom stereocenters. The van der Waals surface area contributed by atoms with Gasteiger partial charge in [0.1, 0.15) is 5.78 Å². The first kappa shape index (κ1) is 21.1. The molecule has 5 fully saturated rings. The van der Waals surface area contributed by atoms with Crippen LogP contribution in [0.15, 0.2) is 0 Å². The van der Waals surface area contributed by atoms with Crippen molar-refractivity contribution in [3.8, 4) is 0 Å². The molecule has 5 saturated carbocycles. The van der Waals surface area contributed by atoms with Gasteiger partial charge in [0, 0.05) is 30.5 Å². The van der Waals surface area contributed by atoms with E-state index in [0.29, 0.717) is 31.8 Å². The van der Waals surface area contributed by atoms with Gasteiger partial charge in [-0.2, -0.15) is 0 Å². The lowest BCUT2D eigenvalue weighted by Crippen LogP contribution is -2.62. The highest BCUT2D eigenvalue weighted by Gasteiger charge is 2.51. The van der Waals surface area contributed by atoms with Gasteiger partial charge < -0.3 is 20.5 Å². The molecular weight excluding hydrogens is 368 g/mol. The van der Waals surface area contributed by atoms with Crippen molar-refractivity contribution in [3.63, 3.8) is 0 Å². The summed E-state index contributed by atoms with van der Waals surface area (Å²) in [6, 6.07) is 0.0969. The number of ketones is 1. The van der Waals surface area contributed by atoms with Crippen LogP contribution in [0.3, 0.4) is 0 Å². The quantitative estimate of drug-likeness (QED) is 0.513. The molecule has 0 aliphatic heterocycles. The lowest BCUT2D eigenvalue weighted by molar-refractivity contribution is -0.124. The van der Waals surface area contributed by atoms with Gasteiger partial charge in [0.25, 0.3) is 0 Å². The van der Waals surface area contributed by atoms with Crippen LogP contribution in [0.5, 0.6) is 0 Å². The van der Waals surface area contributed by atoms with Crippen LogP contribution in [0.1, 0.15) is 77.0 Å². The largest absolute Gasteiger partial charge is 0.394 e. The number of Topliss-reactive ketones (excluding diaryl/α,β-unsaturated/α-hetero) is 1. The summed E-state index contributed by atoms with van der Waals surface area (Å²) in [5.74, 6) is 2.82. The van der Waals surface area contributed by atoms with Crippen molar-refractivity contribution in [1.29, 1.82) is 0 Å². The Morgan fingerprint density at radius 1 is 0.966 bits per heavy atom. The van der Waals surface area contributed by atoms with Gasteiger partial charge in [-0.3, -0.25) is 4.79 Å². The second kappa shape index (κ2) is 9.34. The van der Waals surface area contributed by atoms with Crippen molar-refractivity contribution in [2.45, 2.75) is 88.6 Å². The molecule has 2 atom stereocenters. The van der Waals surface area contributed by atoms with Crippen LogP contribution in [0.2, 0.25) is 0 Å². The fraction of sp³-hybridized carbons (Fsp3) is 0.913. The van der Waals surface area contributed by atoms with Gasteiger partial charge in [0.05, 0.1) is 13.2 Å². The van der Waals surface area contributed by atoms with E-state index >= 15 is 0 Å². The standard InChI is InChI=1S/C23H38N2O4/c26-6-8-29-7-2-5-21(27)19-3-1-4-20(12-19)24-22(28)25-23-13-16-9-17(14-23)11-18(10-16)15-23/h16-20,26H,1-15H2,(H2,24,25,28). The molecule has 0 radical (unpaired) electrons. The number of urea groups is 1. The molecule has 0 aromatic heterocycles. The van der Waals surface area contributed by atoms with E-state index in [9.17, 15) is 9.59 Å². The van der Waals surface area contributed by atoms with Gasteiger partial charge in [0.15, 0.2) is 0 Å². The summed E-state index contributed by atoms with van der Waals surface area (Å²) in [4.78, 5) is 25.3. The predicted octanol–water partition coefficient (Wildman–Crippen LogP) is 3.17. The van der Waals surface area contributed by atoms with Crippen LogP contribution in [0, 0.1) is 23.7 Å². The van der Waals surface area contributed by atoms with E-state index < -0.39 is 0 Å². The third kappa shape index (κ3) is 5.32. The fourth-order valence-corrected chi connectivity index (χ4v) is 7.06. The normalized spacial score (nSPS) is 38.0. The number of nitrogens with one attached hydrogen (secondary N) is 2. The first-order valence-electron chi connectivity index (χ1n) is 11.9. The third-order valence-electron chi connectivity index (χ3n) is 7.83. The van der Waals surface area contributed by atoms with Crippen molar-refractivity contribution in [3.05, 3.63) is 0 Å². The summed E-state index contributed by atoms with van der Waals surface area (Å²) in [6.07, 6.45) is 12.5. The fourth-order valence-electron chi connectivity index (χ4n) is 7.06. The van der Waals surface area contributed by atoms with Crippen LogP contribution in [0.4, 0.5) is 4.79 Å². The van der Waals surface area contributed by atoms with Gasteiger partial charge in [0.2, 0.25) is 0 Å². The Labute approximate surface area is 174 Å². The van der Waals surface area contributed by atoms with E-state index in [0.717, 1.165) is 62.7 Å². The molecule has 5 rings (SSSR count). The molecule has 5 aliphatic carbocycles. The summed E-state index contributed by atoms with van der Waals surface area (Å²) in [6.45, 7) is 0.881. The number of amides is 2. The topological polar surface area (TPSA) is 87.7 Å². The van der Waals surface area contributed by atoms with E-state index in [1.54, 1.807) is 0 Å². The lowest BCUT2D eigenvalue weighted by atomic mass is 9.53. The number of ether oxygens (including phenoxy) is 1. The van der Waals surface area contributed by atoms with Crippen molar-refractivity contribution < 1.29 is 19.4 Å². The predicted molar refractivity (Wildman–Crippen MR) is 110 cm³/mol. The molecule has 3 N–H and O–H groups in total. The van der Waals surface area contributed by atoms with Crippen molar-refractivity contribution in [2.24, 2.45) is 23.7 Å². The summed E-state index contributed by atoms with van der Waals surface area (Å²) in [7, 11) is 0. The second-order valence-corrected chi connectivity index (χ2v) is 10.3. The molecular formula is C23H38N2O4. The maximum Gasteiger partial charge on any atom is 0.315 e. The Hall–Kier alpha value is -1.14. The van der Waals surface area contributed by atoms with Crippen LogP contribution < -0.4 is 10.6 Å². The monoisotopic (exact) mass is 406 g/mol. The average molecular weight is 407 g/mol. The smallest absolute Gasteiger partial charge is 0.315 e. The Kier molecular flexibility index (Phi) is 6.80. The summed E-state index contributed by atoms with van der Waals surface area (Å²) in [5.41, 5.74) is 0.0390. The molecule has 164 valence electrons. The van der Waals surface area contributed by atoms with Crippen LogP contribution in [-0.2, 0) is 9.53 Å². The molecule has 2 amide bonds. The first-order valence-corrected chi connectivity index (χ1v) is 11.9. The van der Waals surface area contributed by atoms with Gasteiger partial charge in [-0.15, -0.1) is 0 Å². The van der Waals surface area contributed by atoms with Gasteiger partial charge in [-0.1, -0.05) is 6.42 Å². The number of carbonyl (C=O) groups is 2. The maximum atomic E-state index is 12.8. The van der Waals surface area contributed by atoms with Gasteiger partial charge in [-0.05, 0) is 82.0 Å². The minimum absolute atomic E-state index is 0.0116. The molecule has 0 aromatic rings. The number of aliphatic hydroxyl groups excluding tert-OH is 1. The third-order valence-corrected chi connectivity index (χ3v) is 7.83. The maximum absolute atomic E-state index is 12.8. The van der Waals surface area contributed by atoms with E-state index in [4.69, 9.17) is 9.84 Å². The number of hydrogen-bond donors (Lipinski definition) is 3. The average Bonchev–Trinajstić information content (AvgIpc) is 2.66. The van der Waals surface area contributed by atoms with Crippen LogP contribution in [-0.4, -0.2) is 48.3 Å². The Balaban J connectivity index is 1.21. The highest BCUT2D eigenvalue weighted by Crippen LogP contribution is 2.55. The molecule has 0 saturated heterocycles. The van der Waals surface area contributed by atoms with Crippen LogP contribution in [0.25, 0.3) is 0 Å². The number of rotatable bonds is 9. The zero-order chi connectivity index (χ0) is 20.3. The highest BCUT2D eigenvalue weighted by molar-refractivity contribution is 5.81. The lowest BCUT2D eigenvalue weighted by Gasteiger charge is -2.56. The molecule has 29 heavy (non-hydrogen) atoms. The first-order chi connectivity index (χ1) is 14.0. The van der Waals surface area contributed by atoms with Gasteiger partial charge in [-0.25, -0.2) is 4.79 Å². The Morgan fingerprint density at radius 3 is 2.31 bits per heavy atom. The second-order valence-electron chi connectivity index (χ2n) is 10.3. The molecule has 0 spiro atoms. The number of aliphatic hydroxyl groups is 1. The Bertz CT molecular complexity index is 558. The summed E-state index contributed by atoms with van der Waals surface area (Å²) >= 11 is 0. The van der Waals surface area contributed by atoms with E-state index in [1.165, 1.54) is 19.3 Å². The van der Waals surface area contributed by atoms with E-state index in [2.05, 4.69) is 10.6 Å². The summed E-state index contributed by atoms with van der Waals surface area (Å²) in [5, 5.41) is 15.3. The van der Waals surface area contributed by atoms with E-state index in [-0.39, 0.29) is 30.1 Å². The zero-order valence-electron chi connectivity index (χ0n) is 17.7. The molecule has 5 aliphatic rings. The number of carbonyl (C=O) groups excluding carboxylic acids is 2. The minimum atomic E-state index is -0.0116. The molecule has 6 heteroatoms. The van der Waals surface area contributed by atoms with Crippen molar-refractivity contribution >= 4 is 11.8 Å². The molecule has 6 nitrogen and oxygen atoms in total. The SMILES string of the molecule is O=C(NC1CCCC(C(=O)CCCOCCO)C1)NC12CC3CC(CC(C3)C1)C2. The molecule has 0 heterocycles. The number of hydrogen-bond acceptors (Lipinski definition) is 4. The molecule has 0 aromatic carbocycles. The molecule has 4 bridgehead atoms. The van der Waals surface area contributed by atoms with Crippen LogP contribution >= 0.6 is 0 Å². The zero-order valence-corrected chi connectivity index (χ0v) is 17.7.